The maximum absolute atomic E-state index is 11.4. The molecule has 5 heteroatoms. The summed E-state index contributed by atoms with van der Waals surface area (Å²) in [7, 11) is 0. The second-order valence-electron chi connectivity index (χ2n) is 5.02. The topological polar surface area (TPSA) is 76.4 Å². The predicted molar refractivity (Wildman–Crippen MR) is 77.5 cm³/mol. The van der Waals surface area contributed by atoms with Crippen LogP contribution in [0.1, 0.15) is 26.3 Å². The summed E-state index contributed by atoms with van der Waals surface area (Å²) in [6.45, 7) is 5.87. The number of carbonyl (C=O) groups excluding carboxylic acids is 1. The van der Waals surface area contributed by atoms with E-state index in [0.717, 1.165) is 11.3 Å². The van der Waals surface area contributed by atoms with Gasteiger partial charge in [0, 0.05) is 6.54 Å². The Balaban J connectivity index is 2.44. The summed E-state index contributed by atoms with van der Waals surface area (Å²) >= 11 is 0. The van der Waals surface area contributed by atoms with Crippen LogP contribution < -0.4 is 16.6 Å². The zero-order valence-electron chi connectivity index (χ0n) is 11.6. The van der Waals surface area contributed by atoms with Crippen LogP contribution in [0, 0.1) is 0 Å². The summed E-state index contributed by atoms with van der Waals surface area (Å²) in [5.41, 5.74) is 3.92. The highest BCUT2D eigenvalue weighted by atomic mass is 16.6. The lowest BCUT2D eigenvalue weighted by molar-refractivity contribution is 0.0534. The van der Waals surface area contributed by atoms with Crippen LogP contribution in [0.4, 0.5) is 10.5 Å². The quantitative estimate of drug-likeness (QED) is 0.576. The van der Waals surface area contributed by atoms with E-state index in [-0.39, 0.29) is 0 Å². The fourth-order valence-corrected chi connectivity index (χ4v) is 1.42. The van der Waals surface area contributed by atoms with Gasteiger partial charge >= 0.3 is 6.09 Å². The number of hydrogen-bond donors (Lipinski definition) is 3. The minimum atomic E-state index is -0.482. The van der Waals surface area contributed by atoms with E-state index in [4.69, 9.17) is 10.6 Å². The summed E-state index contributed by atoms with van der Waals surface area (Å²) < 4.78 is 5.12. The predicted octanol–water partition coefficient (Wildman–Crippen LogP) is 2.51. The zero-order chi connectivity index (χ0) is 14.3. The standard InChI is InChI=1S/C14H21N3O2/c1-14(2,3)19-13(18)16-10-6-8-11-7-4-5-9-12(11)17-15/h4-9,17H,10,15H2,1-3H3,(H,16,18). The second kappa shape index (κ2) is 6.80. The molecule has 0 fully saturated rings. The van der Waals surface area contributed by atoms with Crippen LogP contribution in [0.25, 0.3) is 6.08 Å². The fraction of sp³-hybridized carbons (Fsp3) is 0.357. The van der Waals surface area contributed by atoms with E-state index >= 15 is 0 Å². The van der Waals surface area contributed by atoms with Crippen molar-refractivity contribution in [2.75, 3.05) is 12.0 Å². The lowest BCUT2D eigenvalue weighted by atomic mass is 10.1. The van der Waals surface area contributed by atoms with Gasteiger partial charge in [-0.3, -0.25) is 5.84 Å². The third-order valence-corrected chi connectivity index (χ3v) is 2.18. The van der Waals surface area contributed by atoms with Gasteiger partial charge in [-0.15, -0.1) is 0 Å². The molecule has 0 aliphatic carbocycles. The maximum Gasteiger partial charge on any atom is 0.407 e. The number of hydrazine groups is 1. The number of rotatable bonds is 4. The fourth-order valence-electron chi connectivity index (χ4n) is 1.42. The maximum atomic E-state index is 11.4. The molecule has 0 radical (unpaired) electrons. The highest BCUT2D eigenvalue weighted by Gasteiger charge is 2.14. The highest BCUT2D eigenvalue weighted by Crippen LogP contribution is 2.14. The number of anilines is 1. The normalized spacial score (nSPS) is 11.4. The van der Waals surface area contributed by atoms with Crippen LogP contribution in [-0.4, -0.2) is 18.2 Å². The lowest BCUT2D eigenvalue weighted by Gasteiger charge is -2.19. The second-order valence-corrected chi connectivity index (χ2v) is 5.02. The Kier molecular flexibility index (Phi) is 5.38. The number of hydrogen-bond acceptors (Lipinski definition) is 4. The number of nitrogens with one attached hydrogen (secondary N) is 2. The lowest BCUT2D eigenvalue weighted by Crippen LogP contribution is -2.32. The molecule has 1 aromatic rings. The summed E-state index contributed by atoms with van der Waals surface area (Å²) in [4.78, 5) is 11.4. The number of nitrogen functional groups attached to an aromatic ring is 1. The molecule has 0 aromatic heterocycles. The van der Waals surface area contributed by atoms with Gasteiger partial charge in [-0.2, -0.15) is 0 Å². The number of amides is 1. The minimum absolute atomic E-state index is 0.397. The molecule has 5 nitrogen and oxygen atoms in total. The first-order valence-electron chi connectivity index (χ1n) is 6.11. The van der Waals surface area contributed by atoms with Gasteiger partial charge < -0.3 is 15.5 Å². The number of ether oxygens (including phenoxy) is 1. The van der Waals surface area contributed by atoms with E-state index in [1.54, 1.807) is 0 Å². The van der Waals surface area contributed by atoms with Crippen LogP contribution in [0.3, 0.4) is 0 Å². The molecular weight excluding hydrogens is 242 g/mol. The van der Waals surface area contributed by atoms with E-state index in [2.05, 4.69) is 10.7 Å². The van der Waals surface area contributed by atoms with Crippen molar-refractivity contribution in [3.63, 3.8) is 0 Å². The molecule has 1 amide bonds. The zero-order valence-corrected chi connectivity index (χ0v) is 11.6. The van der Waals surface area contributed by atoms with Gasteiger partial charge in [-0.25, -0.2) is 4.79 Å². The summed E-state index contributed by atoms with van der Waals surface area (Å²) in [5, 5.41) is 2.65. The number of benzene rings is 1. The molecule has 1 aromatic carbocycles. The molecule has 19 heavy (non-hydrogen) atoms. The largest absolute Gasteiger partial charge is 0.444 e. The Morgan fingerprint density at radius 3 is 2.68 bits per heavy atom. The molecule has 1 rings (SSSR count). The first-order chi connectivity index (χ1) is 8.92. The van der Waals surface area contributed by atoms with Crippen LogP contribution in [-0.2, 0) is 4.74 Å². The van der Waals surface area contributed by atoms with Gasteiger partial charge in [-0.1, -0.05) is 30.4 Å². The van der Waals surface area contributed by atoms with Crippen molar-refractivity contribution >= 4 is 17.9 Å². The van der Waals surface area contributed by atoms with E-state index < -0.39 is 11.7 Å². The Labute approximate surface area is 113 Å². The molecule has 0 aliphatic rings. The molecule has 0 bridgehead atoms. The minimum Gasteiger partial charge on any atom is -0.444 e. The van der Waals surface area contributed by atoms with E-state index in [1.165, 1.54) is 0 Å². The first kappa shape index (κ1) is 15.0. The molecule has 0 saturated heterocycles. The average Bonchev–Trinajstić information content (AvgIpc) is 2.33. The smallest absolute Gasteiger partial charge is 0.407 e. The molecule has 0 saturated carbocycles. The summed E-state index contributed by atoms with van der Waals surface area (Å²) in [6.07, 6.45) is 3.29. The van der Waals surface area contributed by atoms with Crippen molar-refractivity contribution in [1.29, 1.82) is 0 Å². The van der Waals surface area contributed by atoms with Gasteiger partial charge in [0.2, 0.25) is 0 Å². The number of para-hydroxylation sites is 1. The Hall–Kier alpha value is -2.01. The SMILES string of the molecule is CC(C)(C)OC(=O)NCC=Cc1ccccc1NN. The Bertz CT molecular complexity index is 450. The Morgan fingerprint density at radius 2 is 2.05 bits per heavy atom. The van der Waals surface area contributed by atoms with Gasteiger partial charge in [-0.05, 0) is 32.4 Å². The highest BCUT2D eigenvalue weighted by molar-refractivity contribution is 5.69. The first-order valence-corrected chi connectivity index (χ1v) is 6.11. The van der Waals surface area contributed by atoms with Gasteiger partial charge in [0.15, 0.2) is 0 Å². The van der Waals surface area contributed by atoms with E-state index in [1.807, 2.05) is 57.2 Å². The monoisotopic (exact) mass is 263 g/mol. The number of alkyl carbamates (subject to hydrolysis) is 1. The Morgan fingerprint density at radius 1 is 1.37 bits per heavy atom. The molecule has 0 aliphatic heterocycles. The van der Waals surface area contributed by atoms with Gasteiger partial charge in [0.1, 0.15) is 5.60 Å². The molecule has 0 heterocycles. The number of carbonyl (C=O) groups is 1. The molecule has 104 valence electrons. The van der Waals surface area contributed by atoms with Crippen molar-refractivity contribution in [2.45, 2.75) is 26.4 Å². The molecule has 4 N–H and O–H groups in total. The van der Waals surface area contributed by atoms with Crippen molar-refractivity contribution in [3.05, 3.63) is 35.9 Å². The van der Waals surface area contributed by atoms with Crippen LogP contribution in [0.15, 0.2) is 30.3 Å². The van der Waals surface area contributed by atoms with Gasteiger partial charge in [0.05, 0.1) is 5.69 Å². The molecular formula is C14H21N3O2. The molecule has 0 unspecified atom stereocenters. The van der Waals surface area contributed by atoms with Crippen molar-refractivity contribution in [2.24, 2.45) is 5.84 Å². The average molecular weight is 263 g/mol. The van der Waals surface area contributed by atoms with Crippen LogP contribution in [0.5, 0.6) is 0 Å². The number of nitrogens with two attached hydrogens (primary N) is 1. The third-order valence-electron chi connectivity index (χ3n) is 2.18. The summed E-state index contributed by atoms with van der Waals surface area (Å²) in [6, 6.07) is 7.62. The van der Waals surface area contributed by atoms with Crippen molar-refractivity contribution in [3.8, 4) is 0 Å². The van der Waals surface area contributed by atoms with Crippen LogP contribution in [0.2, 0.25) is 0 Å². The van der Waals surface area contributed by atoms with Gasteiger partial charge in [0.25, 0.3) is 0 Å². The van der Waals surface area contributed by atoms with Crippen molar-refractivity contribution in [1.82, 2.24) is 5.32 Å². The molecule has 0 spiro atoms. The van der Waals surface area contributed by atoms with E-state index in [9.17, 15) is 4.79 Å². The van der Waals surface area contributed by atoms with Crippen molar-refractivity contribution < 1.29 is 9.53 Å². The molecule has 0 atom stereocenters. The van der Waals surface area contributed by atoms with E-state index in [0.29, 0.717) is 6.54 Å². The third kappa shape index (κ3) is 5.92. The van der Waals surface area contributed by atoms with Crippen LogP contribution >= 0.6 is 0 Å². The summed E-state index contributed by atoms with van der Waals surface area (Å²) in [5.74, 6) is 5.40.